The van der Waals surface area contributed by atoms with Gasteiger partial charge in [0.05, 0.1) is 17.2 Å². The van der Waals surface area contributed by atoms with Gasteiger partial charge in [0.2, 0.25) is 10.0 Å². The van der Waals surface area contributed by atoms with Gasteiger partial charge < -0.3 is 10.1 Å². The lowest BCUT2D eigenvalue weighted by Gasteiger charge is -2.34. The minimum Gasteiger partial charge on any atom is -0.373 e. The summed E-state index contributed by atoms with van der Waals surface area (Å²) in [7, 11) is -3.87. The molecule has 29 heavy (non-hydrogen) atoms. The van der Waals surface area contributed by atoms with E-state index in [9.17, 15) is 13.2 Å². The Morgan fingerprint density at radius 1 is 1.10 bits per heavy atom. The highest BCUT2D eigenvalue weighted by molar-refractivity contribution is 7.89. The van der Waals surface area contributed by atoms with Gasteiger partial charge in [-0.3, -0.25) is 4.79 Å². The minimum atomic E-state index is -3.87. The molecule has 3 rings (SSSR count). The maximum Gasteiger partial charge on any atom is 0.251 e. The normalized spacial score (nSPS) is 20.4. The molecule has 1 aliphatic rings. The van der Waals surface area contributed by atoms with Crippen LogP contribution in [0.25, 0.3) is 0 Å². The molecule has 156 valence electrons. The van der Waals surface area contributed by atoms with E-state index in [4.69, 9.17) is 27.9 Å². The third-order valence-corrected chi connectivity index (χ3v) is 7.28. The molecule has 6 nitrogen and oxygen atoms in total. The number of nitrogens with one attached hydrogen (secondary N) is 1. The van der Waals surface area contributed by atoms with Gasteiger partial charge in [0.1, 0.15) is 4.90 Å². The Kier molecular flexibility index (Phi) is 6.86. The average molecular weight is 457 g/mol. The maximum absolute atomic E-state index is 13.1. The molecule has 2 unspecified atom stereocenters. The Morgan fingerprint density at radius 2 is 1.76 bits per heavy atom. The molecular formula is C20H22Cl2N2O4S. The largest absolute Gasteiger partial charge is 0.373 e. The number of amides is 1. The summed E-state index contributed by atoms with van der Waals surface area (Å²) < 4.78 is 33.2. The van der Waals surface area contributed by atoms with Gasteiger partial charge >= 0.3 is 0 Å². The number of benzene rings is 2. The maximum atomic E-state index is 13.1. The molecule has 2 atom stereocenters. The number of nitrogens with zero attached hydrogens (tertiary/aromatic N) is 1. The van der Waals surface area contributed by atoms with Crippen LogP contribution in [0.5, 0.6) is 0 Å². The first-order valence-corrected chi connectivity index (χ1v) is 11.3. The zero-order valence-corrected chi connectivity index (χ0v) is 18.4. The molecule has 1 N–H and O–H groups in total. The van der Waals surface area contributed by atoms with Gasteiger partial charge in [-0.25, -0.2) is 8.42 Å². The first-order chi connectivity index (χ1) is 13.7. The molecular weight excluding hydrogens is 435 g/mol. The monoisotopic (exact) mass is 456 g/mol. The number of hydrogen-bond donors (Lipinski definition) is 1. The number of carbonyl (C=O) groups excluding carboxylic acids is 1. The van der Waals surface area contributed by atoms with E-state index >= 15 is 0 Å². The fourth-order valence-corrected chi connectivity index (χ4v) is 5.52. The van der Waals surface area contributed by atoms with Crippen molar-refractivity contribution in [2.45, 2.75) is 37.5 Å². The second-order valence-electron chi connectivity index (χ2n) is 7.00. The van der Waals surface area contributed by atoms with Crippen LogP contribution < -0.4 is 5.32 Å². The predicted octanol–water partition coefficient (Wildman–Crippen LogP) is 3.72. The van der Waals surface area contributed by atoms with Gasteiger partial charge in [0.15, 0.2) is 0 Å². The summed E-state index contributed by atoms with van der Waals surface area (Å²) in [6.45, 7) is 4.32. The highest BCUT2D eigenvalue weighted by atomic mass is 35.5. The predicted molar refractivity (Wildman–Crippen MR) is 113 cm³/mol. The van der Waals surface area contributed by atoms with Crippen LogP contribution in [0, 0.1) is 0 Å². The lowest BCUT2D eigenvalue weighted by molar-refractivity contribution is -0.0440. The molecule has 0 radical (unpaired) electrons. The van der Waals surface area contributed by atoms with E-state index < -0.39 is 15.9 Å². The van der Waals surface area contributed by atoms with E-state index in [1.165, 1.54) is 22.5 Å². The summed E-state index contributed by atoms with van der Waals surface area (Å²) in [5.41, 5.74) is 0.968. The fourth-order valence-electron chi connectivity index (χ4n) is 3.23. The number of halogens is 2. The van der Waals surface area contributed by atoms with Crippen molar-refractivity contribution in [1.29, 1.82) is 0 Å². The highest BCUT2D eigenvalue weighted by Crippen LogP contribution is 2.28. The summed E-state index contributed by atoms with van der Waals surface area (Å²) in [6, 6.07) is 11.4. The summed E-state index contributed by atoms with van der Waals surface area (Å²) in [5.74, 6) is -0.415. The zero-order chi connectivity index (χ0) is 21.2. The second kappa shape index (κ2) is 9.02. The Hall–Kier alpha value is -1.64. The van der Waals surface area contributed by atoms with Crippen LogP contribution >= 0.6 is 23.2 Å². The molecule has 1 fully saturated rings. The summed E-state index contributed by atoms with van der Waals surface area (Å²) in [6.07, 6.45) is -0.455. The standard InChI is InChI=1S/C20H22Cl2N2O4S/c1-13-11-24(12-14(2)28-13)29(26,27)19-9-15(7-8-18(19)22)20(25)23-10-16-5-3-4-6-17(16)21/h3-9,13-14H,10-12H2,1-2H3,(H,23,25). The van der Waals surface area contributed by atoms with Crippen LogP contribution in [0.15, 0.2) is 47.4 Å². The molecule has 1 saturated heterocycles. The third-order valence-electron chi connectivity index (χ3n) is 4.59. The van der Waals surface area contributed by atoms with Crippen LogP contribution in [-0.4, -0.2) is 43.9 Å². The Balaban J connectivity index is 1.82. The van der Waals surface area contributed by atoms with Gasteiger partial charge in [0.25, 0.3) is 5.91 Å². The number of hydrogen-bond acceptors (Lipinski definition) is 4. The number of morpholine rings is 1. The fraction of sp³-hybridized carbons (Fsp3) is 0.350. The quantitative estimate of drug-likeness (QED) is 0.743. The third kappa shape index (κ3) is 5.10. The first kappa shape index (κ1) is 22.1. The van der Waals surface area contributed by atoms with Crippen molar-refractivity contribution < 1.29 is 17.9 Å². The van der Waals surface area contributed by atoms with Gasteiger partial charge in [-0.1, -0.05) is 41.4 Å². The van der Waals surface area contributed by atoms with Crippen LogP contribution in [0.4, 0.5) is 0 Å². The van der Waals surface area contributed by atoms with E-state index in [0.29, 0.717) is 5.02 Å². The first-order valence-electron chi connectivity index (χ1n) is 9.15. The van der Waals surface area contributed by atoms with Crippen molar-refractivity contribution in [3.63, 3.8) is 0 Å². The Labute approximate surface area is 180 Å². The summed E-state index contributed by atoms with van der Waals surface area (Å²) in [4.78, 5) is 12.5. The molecule has 9 heteroatoms. The van der Waals surface area contributed by atoms with E-state index in [2.05, 4.69) is 5.32 Å². The molecule has 2 aromatic rings. The number of carbonyl (C=O) groups is 1. The van der Waals surface area contributed by atoms with E-state index in [0.717, 1.165) is 5.56 Å². The number of rotatable bonds is 5. The molecule has 2 aromatic carbocycles. The Morgan fingerprint density at radius 3 is 2.41 bits per heavy atom. The van der Waals surface area contributed by atoms with Gasteiger partial charge in [-0.15, -0.1) is 0 Å². The smallest absolute Gasteiger partial charge is 0.251 e. The topological polar surface area (TPSA) is 75.7 Å². The number of sulfonamides is 1. The molecule has 0 aromatic heterocycles. The van der Waals surface area contributed by atoms with Crippen molar-refractivity contribution >= 4 is 39.1 Å². The van der Waals surface area contributed by atoms with Crippen LogP contribution in [0.2, 0.25) is 10.0 Å². The van der Waals surface area contributed by atoms with Crippen molar-refractivity contribution in [2.24, 2.45) is 0 Å². The average Bonchev–Trinajstić information content (AvgIpc) is 2.66. The van der Waals surface area contributed by atoms with E-state index in [-0.39, 0.29) is 47.3 Å². The van der Waals surface area contributed by atoms with E-state index in [1.807, 2.05) is 19.9 Å². The van der Waals surface area contributed by atoms with Crippen LogP contribution in [0.3, 0.4) is 0 Å². The highest BCUT2D eigenvalue weighted by Gasteiger charge is 2.33. The molecule has 0 saturated carbocycles. The number of ether oxygens (including phenoxy) is 1. The van der Waals surface area contributed by atoms with Crippen molar-refractivity contribution in [3.8, 4) is 0 Å². The van der Waals surface area contributed by atoms with Crippen molar-refractivity contribution in [1.82, 2.24) is 9.62 Å². The van der Waals surface area contributed by atoms with Crippen LogP contribution in [-0.2, 0) is 21.3 Å². The summed E-state index contributed by atoms with van der Waals surface area (Å²) in [5, 5.41) is 3.37. The molecule has 1 amide bonds. The zero-order valence-electron chi connectivity index (χ0n) is 16.1. The van der Waals surface area contributed by atoms with Gasteiger partial charge in [-0.05, 0) is 43.7 Å². The molecule has 0 aliphatic carbocycles. The lowest BCUT2D eigenvalue weighted by Crippen LogP contribution is -2.48. The van der Waals surface area contributed by atoms with Crippen molar-refractivity contribution in [3.05, 3.63) is 63.6 Å². The van der Waals surface area contributed by atoms with E-state index in [1.54, 1.807) is 18.2 Å². The SMILES string of the molecule is CC1CN(S(=O)(=O)c2cc(C(=O)NCc3ccccc3Cl)ccc2Cl)CC(C)O1. The molecule has 1 aliphatic heterocycles. The minimum absolute atomic E-state index is 0.0689. The van der Waals surface area contributed by atoms with Crippen LogP contribution in [0.1, 0.15) is 29.8 Å². The molecule has 1 heterocycles. The lowest BCUT2D eigenvalue weighted by atomic mass is 10.2. The van der Waals surface area contributed by atoms with Gasteiger partial charge in [-0.2, -0.15) is 4.31 Å². The summed E-state index contributed by atoms with van der Waals surface area (Å²) >= 11 is 12.3. The Bertz CT molecular complexity index is 1000. The molecule has 0 spiro atoms. The molecule has 0 bridgehead atoms. The van der Waals surface area contributed by atoms with Gasteiger partial charge in [0, 0.05) is 30.2 Å². The second-order valence-corrected chi connectivity index (χ2v) is 9.72. The van der Waals surface area contributed by atoms with Crippen molar-refractivity contribution in [2.75, 3.05) is 13.1 Å².